The molecule has 0 radical (unpaired) electrons. The van der Waals surface area contributed by atoms with E-state index >= 15 is 0 Å². The van der Waals surface area contributed by atoms with Gasteiger partial charge in [0.1, 0.15) is 0 Å². The molecule has 0 bridgehead atoms. The number of aliphatic hydroxyl groups excluding tert-OH is 1. The number of methoxy groups -OCH3 is 1. The van der Waals surface area contributed by atoms with E-state index in [4.69, 9.17) is 5.39 Å². The number of ether oxygens (including phenoxy) is 1. The smallest absolute Gasteiger partial charge is 0.505 e. The van der Waals surface area contributed by atoms with E-state index in [0.717, 1.165) is 13.5 Å². The second-order valence-corrected chi connectivity index (χ2v) is 3.10. The Kier molecular flexibility index (Phi) is 5.30. The third-order valence-electron chi connectivity index (χ3n) is 1.99. The number of diazo groups is 1. The quantitative estimate of drug-likeness (QED) is 0.326. The largest absolute Gasteiger partial charge is 0.505 e. The van der Waals surface area contributed by atoms with Crippen LogP contribution in [-0.4, -0.2) is 18.2 Å². The summed E-state index contributed by atoms with van der Waals surface area (Å²) in [6.45, 7) is 3.88. The lowest BCUT2D eigenvalue weighted by atomic mass is 10.0. The summed E-state index contributed by atoms with van der Waals surface area (Å²) >= 11 is 0. The Morgan fingerprint density at radius 3 is 2.57 bits per heavy atom. The summed E-state index contributed by atoms with van der Waals surface area (Å²) in [6, 6.07) is 0. The van der Waals surface area contributed by atoms with E-state index in [9.17, 15) is 9.90 Å². The first-order chi connectivity index (χ1) is 6.56. The van der Waals surface area contributed by atoms with Gasteiger partial charge in [-0.25, -0.2) is 4.79 Å². The molecule has 0 saturated carbocycles. The predicted octanol–water partition coefficient (Wildman–Crippen LogP) is 2.22. The van der Waals surface area contributed by atoms with Crippen molar-refractivity contribution in [1.29, 1.82) is 5.39 Å². The van der Waals surface area contributed by atoms with Crippen molar-refractivity contribution < 1.29 is 14.6 Å². The second-order valence-electron chi connectivity index (χ2n) is 3.10. The average Bonchev–Trinajstić information content (AvgIpc) is 2.18. The lowest BCUT2D eigenvalue weighted by Gasteiger charge is -2.04. The molecule has 0 saturated heterocycles. The molecule has 0 fully saturated rings. The SMILES string of the molecule is CC[C@@H](C)C/C(O)=C(\[N+]#N)C(=O)OC. The minimum Gasteiger partial charge on any atom is -0.505 e. The van der Waals surface area contributed by atoms with Gasteiger partial charge in [-0.05, 0) is 5.92 Å². The van der Waals surface area contributed by atoms with Gasteiger partial charge in [0.15, 0.2) is 10.7 Å². The summed E-state index contributed by atoms with van der Waals surface area (Å²) in [4.78, 5) is 13.7. The van der Waals surface area contributed by atoms with Crippen LogP contribution in [0, 0.1) is 11.3 Å². The van der Waals surface area contributed by atoms with Gasteiger partial charge in [0.05, 0.1) is 7.11 Å². The van der Waals surface area contributed by atoms with Gasteiger partial charge in [0.2, 0.25) is 5.39 Å². The van der Waals surface area contributed by atoms with E-state index in [-0.39, 0.29) is 11.7 Å². The first-order valence-corrected chi connectivity index (χ1v) is 4.42. The molecule has 0 spiro atoms. The normalized spacial score (nSPS) is 13.9. The Morgan fingerprint density at radius 2 is 2.21 bits per heavy atom. The molecule has 0 unspecified atom stereocenters. The third kappa shape index (κ3) is 3.44. The monoisotopic (exact) mass is 199 g/mol. The fourth-order valence-corrected chi connectivity index (χ4v) is 0.884. The lowest BCUT2D eigenvalue weighted by molar-refractivity contribution is -0.136. The fourth-order valence-electron chi connectivity index (χ4n) is 0.884. The van der Waals surface area contributed by atoms with Gasteiger partial charge in [-0.1, -0.05) is 20.3 Å². The molecule has 0 aliphatic rings. The molecule has 0 amide bonds. The standard InChI is InChI=1S/C9H14N2O3/c1-4-6(2)5-7(12)8(11-10)9(13)14-3/h6H,4-5H2,1-3H3/p+1/t6-/m1/s1. The van der Waals surface area contributed by atoms with Gasteiger partial charge in [0.25, 0.3) is 0 Å². The molecule has 78 valence electrons. The highest BCUT2D eigenvalue weighted by Crippen LogP contribution is 2.17. The molecule has 0 aromatic rings. The van der Waals surface area contributed by atoms with Gasteiger partial charge in [-0.3, -0.25) is 0 Å². The highest BCUT2D eigenvalue weighted by molar-refractivity contribution is 5.90. The van der Waals surface area contributed by atoms with Crippen LogP contribution in [0.1, 0.15) is 26.7 Å². The van der Waals surface area contributed by atoms with Crippen molar-refractivity contribution >= 4 is 5.97 Å². The molecular formula is C9H15N2O3+. The molecule has 0 aromatic carbocycles. The minimum atomic E-state index is -0.840. The Labute approximate surface area is 83.0 Å². The Hall–Kier alpha value is -1.57. The number of aliphatic hydroxyl groups is 1. The summed E-state index contributed by atoms with van der Waals surface area (Å²) < 4.78 is 4.33. The maximum absolute atomic E-state index is 11.0. The molecule has 0 heterocycles. The van der Waals surface area contributed by atoms with Crippen LogP contribution in [0.4, 0.5) is 0 Å². The van der Waals surface area contributed by atoms with E-state index < -0.39 is 11.7 Å². The number of hydrogen-bond acceptors (Lipinski definition) is 4. The molecule has 0 aliphatic carbocycles. The van der Waals surface area contributed by atoms with Crippen molar-refractivity contribution in [2.24, 2.45) is 5.92 Å². The van der Waals surface area contributed by atoms with Crippen LogP contribution in [0.25, 0.3) is 4.98 Å². The number of carbonyl (C=O) groups excluding carboxylic acids is 1. The van der Waals surface area contributed by atoms with E-state index in [2.05, 4.69) is 9.71 Å². The van der Waals surface area contributed by atoms with Crippen molar-refractivity contribution in [2.45, 2.75) is 26.7 Å². The number of hydrogen-bond donors (Lipinski definition) is 1. The predicted molar refractivity (Wildman–Crippen MR) is 50.8 cm³/mol. The minimum absolute atomic E-state index is 0.219. The molecule has 0 rings (SSSR count). The Balaban J connectivity index is 4.69. The molecule has 1 N–H and O–H groups in total. The van der Waals surface area contributed by atoms with Crippen LogP contribution >= 0.6 is 0 Å². The van der Waals surface area contributed by atoms with Crippen molar-refractivity contribution in [3.63, 3.8) is 0 Å². The molecule has 5 heteroatoms. The summed E-state index contributed by atoms with van der Waals surface area (Å²) in [6.07, 6.45) is 1.16. The Bertz CT molecular complexity index is 278. The number of esters is 1. The summed E-state index contributed by atoms with van der Waals surface area (Å²) in [5, 5.41) is 17.9. The number of allylic oxidation sites excluding steroid dienone is 1. The Morgan fingerprint density at radius 1 is 1.64 bits per heavy atom. The van der Waals surface area contributed by atoms with Crippen LogP contribution in [0.3, 0.4) is 0 Å². The van der Waals surface area contributed by atoms with E-state index in [1.165, 1.54) is 0 Å². The van der Waals surface area contributed by atoms with Gasteiger partial charge < -0.3 is 9.84 Å². The first-order valence-electron chi connectivity index (χ1n) is 4.42. The first kappa shape index (κ1) is 12.4. The number of nitrogens with zero attached hydrogens (tertiary/aromatic N) is 2. The molecule has 0 aromatic heterocycles. The zero-order chi connectivity index (χ0) is 11.1. The molecule has 0 aliphatic heterocycles. The zero-order valence-electron chi connectivity index (χ0n) is 8.65. The fraction of sp³-hybridized carbons (Fsp3) is 0.667. The average molecular weight is 199 g/mol. The van der Waals surface area contributed by atoms with E-state index in [1.54, 1.807) is 0 Å². The van der Waals surface area contributed by atoms with Crippen LogP contribution in [0.15, 0.2) is 11.5 Å². The third-order valence-corrected chi connectivity index (χ3v) is 1.99. The number of rotatable bonds is 4. The molecule has 1 atom stereocenters. The van der Waals surface area contributed by atoms with Crippen molar-refractivity contribution in [1.82, 2.24) is 0 Å². The van der Waals surface area contributed by atoms with E-state index in [1.807, 2.05) is 13.8 Å². The van der Waals surface area contributed by atoms with Crippen LogP contribution < -0.4 is 0 Å². The van der Waals surface area contributed by atoms with Gasteiger partial charge >= 0.3 is 11.7 Å². The summed E-state index contributed by atoms with van der Waals surface area (Å²) in [5.74, 6) is -0.863. The zero-order valence-corrected chi connectivity index (χ0v) is 8.65. The second kappa shape index (κ2) is 5.97. The van der Waals surface area contributed by atoms with E-state index in [0.29, 0.717) is 6.42 Å². The summed E-state index contributed by atoms with van der Waals surface area (Å²) in [5.41, 5.74) is -0.423. The number of carbonyl (C=O) groups is 1. The molecule has 14 heavy (non-hydrogen) atoms. The van der Waals surface area contributed by atoms with Gasteiger partial charge in [-0.2, -0.15) is 0 Å². The molecular weight excluding hydrogens is 184 g/mol. The van der Waals surface area contributed by atoms with Crippen LogP contribution in [0.5, 0.6) is 0 Å². The van der Waals surface area contributed by atoms with Crippen molar-refractivity contribution in [3.05, 3.63) is 16.4 Å². The van der Waals surface area contributed by atoms with Crippen LogP contribution in [0.2, 0.25) is 0 Å². The van der Waals surface area contributed by atoms with Gasteiger partial charge in [-0.15, -0.1) is 0 Å². The maximum Gasteiger partial charge on any atom is 0.505 e. The maximum atomic E-state index is 11.0. The molecule has 5 nitrogen and oxygen atoms in total. The van der Waals surface area contributed by atoms with Gasteiger partial charge in [0, 0.05) is 6.42 Å². The highest BCUT2D eigenvalue weighted by Gasteiger charge is 2.30. The lowest BCUT2D eigenvalue weighted by Crippen LogP contribution is -2.07. The topological polar surface area (TPSA) is 74.7 Å². The summed E-state index contributed by atoms with van der Waals surface area (Å²) in [7, 11) is 1.16. The highest BCUT2D eigenvalue weighted by atomic mass is 16.5. The van der Waals surface area contributed by atoms with Crippen molar-refractivity contribution in [2.75, 3.05) is 7.11 Å². The van der Waals surface area contributed by atoms with Crippen molar-refractivity contribution in [3.8, 4) is 0 Å². The van der Waals surface area contributed by atoms with Crippen LogP contribution in [-0.2, 0) is 9.53 Å².